The van der Waals surface area contributed by atoms with E-state index in [2.05, 4.69) is 4.90 Å². The quantitative estimate of drug-likeness (QED) is 0.644. The van der Waals surface area contributed by atoms with Gasteiger partial charge in [-0.05, 0) is 38.8 Å². The topological polar surface area (TPSA) is 20.3 Å². The fourth-order valence-corrected chi connectivity index (χ4v) is 2.96. The van der Waals surface area contributed by atoms with E-state index in [1.807, 2.05) is 0 Å². The normalized spacial score (nSPS) is 27.7. The van der Waals surface area contributed by atoms with Crippen LogP contribution in [0.3, 0.4) is 0 Å². The van der Waals surface area contributed by atoms with E-state index in [4.69, 9.17) is 0 Å². The molecule has 0 bridgehead atoms. The zero-order valence-electron chi connectivity index (χ0n) is 9.00. The molecule has 0 spiro atoms. The average Bonchev–Trinajstić information content (AvgIpc) is 2.72. The number of rotatable bonds is 3. The van der Waals surface area contributed by atoms with Crippen LogP contribution in [0.1, 0.15) is 44.9 Å². The van der Waals surface area contributed by atoms with Crippen LogP contribution in [-0.4, -0.2) is 30.8 Å². The van der Waals surface area contributed by atoms with Crippen LogP contribution in [0.2, 0.25) is 0 Å². The Labute approximate surface area is 86.7 Å². The van der Waals surface area contributed by atoms with Crippen molar-refractivity contribution in [1.82, 2.24) is 4.90 Å². The molecule has 0 unspecified atom stereocenters. The van der Waals surface area contributed by atoms with E-state index in [1.54, 1.807) is 0 Å². The van der Waals surface area contributed by atoms with Gasteiger partial charge in [0.1, 0.15) is 6.29 Å². The van der Waals surface area contributed by atoms with Gasteiger partial charge >= 0.3 is 0 Å². The summed E-state index contributed by atoms with van der Waals surface area (Å²) in [5.41, 5.74) is 0.0303. The third kappa shape index (κ3) is 2.17. The van der Waals surface area contributed by atoms with Gasteiger partial charge < -0.3 is 9.69 Å². The van der Waals surface area contributed by atoms with E-state index < -0.39 is 0 Å². The van der Waals surface area contributed by atoms with Crippen LogP contribution in [-0.2, 0) is 4.79 Å². The molecule has 1 saturated carbocycles. The van der Waals surface area contributed by atoms with E-state index in [1.165, 1.54) is 51.5 Å². The SMILES string of the molecule is O=CC1(CN2CCCC2)CCCCC1. The standard InChI is InChI=1S/C12H21NO/c14-11-12(6-2-1-3-7-12)10-13-8-4-5-9-13/h11H,1-10H2. The predicted molar refractivity (Wildman–Crippen MR) is 57.3 cm³/mol. The third-order valence-corrected chi connectivity index (χ3v) is 3.84. The minimum atomic E-state index is 0.0303. The van der Waals surface area contributed by atoms with Crippen molar-refractivity contribution in [2.45, 2.75) is 44.9 Å². The van der Waals surface area contributed by atoms with Gasteiger partial charge in [0.2, 0.25) is 0 Å². The van der Waals surface area contributed by atoms with Gasteiger partial charge in [-0.25, -0.2) is 0 Å². The van der Waals surface area contributed by atoms with Gasteiger partial charge in [-0.2, -0.15) is 0 Å². The van der Waals surface area contributed by atoms with Gasteiger partial charge in [0, 0.05) is 12.0 Å². The summed E-state index contributed by atoms with van der Waals surface area (Å²) in [6.45, 7) is 3.47. The van der Waals surface area contributed by atoms with E-state index in [0.29, 0.717) is 0 Å². The number of carbonyl (C=O) groups is 1. The van der Waals surface area contributed by atoms with Crippen LogP contribution in [0.4, 0.5) is 0 Å². The Hall–Kier alpha value is -0.370. The minimum absolute atomic E-state index is 0.0303. The molecule has 2 nitrogen and oxygen atoms in total. The lowest BCUT2D eigenvalue weighted by Gasteiger charge is -2.35. The Bertz CT molecular complexity index is 190. The van der Waals surface area contributed by atoms with Gasteiger partial charge in [0.25, 0.3) is 0 Å². The molecule has 1 aliphatic carbocycles. The van der Waals surface area contributed by atoms with Gasteiger partial charge in [0.15, 0.2) is 0 Å². The molecular formula is C12H21NO. The van der Waals surface area contributed by atoms with Crippen molar-refractivity contribution >= 4 is 6.29 Å². The van der Waals surface area contributed by atoms with Gasteiger partial charge in [-0.3, -0.25) is 0 Å². The van der Waals surface area contributed by atoms with Crippen molar-refractivity contribution in [1.29, 1.82) is 0 Å². The first kappa shape index (κ1) is 10.2. The van der Waals surface area contributed by atoms with E-state index in [-0.39, 0.29) is 5.41 Å². The van der Waals surface area contributed by atoms with Gasteiger partial charge in [-0.1, -0.05) is 19.3 Å². The first-order valence-corrected chi connectivity index (χ1v) is 6.03. The lowest BCUT2D eigenvalue weighted by atomic mass is 9.75. The maximum Gasteiger partial charge on any atom is 0.127 e. The highest BCUT2D eigenvalue weighted by Crippen LogP contribution is 2.35. The van der Waals surface area contributed by atoms with Crippen LogP contribution < -0.4 is 0 Å². The largest absolute Gasteiger partial charge is 0.303 e. The average molecular weight is 195 g/mol. The smallest absolute Gasteiger partial charge is 0.127 e. The van der Waals surface area contributed by atoms with Gasteiger partial charge in [-0.15, -0.1) is 0 Å². The molecule has 2 rings (SSSR count). The van der Waals surface area contributed by atoms with Crippen LogP contribution in [0, 0.1) is 5.41 Å². The Kier molecular flexibility index (Phi) is 3.22. The molecular weight excluding hydrogens is 174 g/mol. The zero-order valence-corrected chi connectivity index (χ0v) is 9.00. The van der Waals surface area contributed by atoms with Crippen molar-refractivity contribution in [3.05, 3.63) is 0 Å². The van der Waals surface area contributed by atoms with Crippen LogP contribution >= 0.6 is 0 Å². The predicted octanol–water partition coefficient (Wildman–Crippen LogP) is 2.23. The summed E-state index contributed by atoms with van der Waals surface area (Å²) in [6, 6.07) is 0. The van der Waals surface area contributed by atoms with Gasteiger partial charge in [0.05, 0.1) is 0 Å². The highest BCUT2D eigenvalue weighted by atomic mass is 16.1. The molecule has 1 aliphatic heterocycles. The summed E-state index contributed by atoms with van der Waals surface area (Å²) >= 11 is 0. The maximum absolute atomic E-state index is 11.2. The fourth-order valence-electron chi connectivity index (χ4n) is 2.96. The molecule has 0 atom stereocenters. The first-order chi connectivity index (χ1) is 6.85. The Morgan fingerprint density at radius 2 is 1.64 bits per heavy atom. The molecule has 2 fully saturated rings. The summed E-state index contributed by atoms with van der Waals surface area (Å²) in [4.78, 5) is 13.7. The Balaban J connectivity index is 1.92. The Morgan fingerprint density at radius 3 is 2.21 bits per heavy atom. The minimum Gasteiger partial charge on any atom is -0.303 e. The van der Waals surface area contributed by atoms with E-state index >= 15 is 0 Å². The summed E-state index contributed by atoms with van der Waals surface area (Å²) in [7, 11) is 0. The highest BCUT2D eigenvalue weighted by molar-refractivity contribution is 5.60. The molecule has 0 amide bonds. The molecule has 14 heavy (non-hydrogen) atoms. The van der Waals surface area contributed by atoms with Crippen LogP contribution in [0.25, 0.3) is 0 Å². The Morgan fingerprint density at radius 1 is 1.00 bits per heavy atom. The summed E-state index contributed by atoms with van der Waals surface area (Å²) in [5, 5.41) is 0. The lowest BCUT2D eigenvalue weighted by Crippen LogP contribution is -2.39. The molecule has 1 heterocycles. The van der Waals surface area contributed by atoms with Crippen LogP contribution in [0.5, 0.6) is 0 Å². The monoisotopic (exact) mass is 195 g/mol. The summed E-state index contributed by atoms with van der Waals surface area (Å²) < 4.78 is 0. The van der Waals surface area contributed by atoms with E-state index in [9.17, 15) is 4.79 Å². The number of nitrogens with zero attached hydrogens (tertiary/aromatic N) is 1. The molecule has 0 aromatic carbocycles. The number of aldehydes is 1. The molecule has 2 heteroatoms. The fraction of sp³-hybridized carbons (Fsp3) is 0.917. The third-order valence-electron chi connectivity index (χ3n) is 3.84. The lowest BCUT2D eigenvalue weighted by molar-refractivity contribution is -0.119. The highest BCUT2D eigenvalue weighted by Gasteiger charge is 2.34. The van der Waals surface area contributed by atoms with Crippen molar-refractivity contribution in [3.8, 4) is 0 Å². The van der Waals surface area contributed by atoms with Crippen molar-refractivity contribution in [2.75, 3.05) is 19.6 Å². The first-order valence-electron chi connectivity index (χ1n) is 6.03. The molecule has 0 aromatic heterocycles. The zero-order chi connectivity index (χ0) is 9.86. The number of likely N-dealkylation sites (tertiary alicyclic amines) is 1. The second-order valence-corrected chi connectivity index (χ2v) is 5.02. The second-order valence-electron chi connectivity index (χ2n) is 5.02. The molecule has 0 radical (unpaired) electrons. The number of hydrogen-bond donors (Lipinski definition) is 0. The van der Waals surface area contributed by atoms with Crippen molar-refractivity contribution < 1.29 is 4.79 Å². The molecule has 1 saturated heterocycles. The molecule has 0 aromatic rings. The van der Waals surface area contributed by atoms with Crippen LogP contribution in [0.15, 0.2) is 0 Å². The molecule has 80 valence electrons. The molecule has 0 N–H and O–H groups in total. The van der Waals surface area contributed by atoms with Crippen molar-refractivity contribution in [3.63, 3.8) is 0 Å². The maximum atomic E-state index is 11.2. The number of hydrogen-bond acceptors (Lipinski definition) is 2. The summed E-state index contributed by atoms with van der Waals surface area (Å²) in [5.74, 6) is 0. The van der Waals surface area contributed by atoms with E-state index in [0.717, 1.165) is 19.4 Å². The second kappa shape index (κ2) is 4.43. The van der Waals surface area contributed by atoms with Crippen molar-refractivity contribution in [2.24, 2.45) is 5.41 Å². The summed E-state index contributed by atoms with van der Waals surface area (Å²) in [6.07, 6.45) is 10.0. The molecule has 2 aliphatic rings. The number of carbonyl (C=O) groups excluding carboxylic acids is 1.